The molecule has 2 amide bonds. The molecule has 0 aromatic heterocycles. The summed E-state index contributed by atoms with van der Waals surface area (Å²) in [5, 5.41) is 7.86. The van der Waals surface area contributed by atoms with Gasteiger partial charge in [-0.15, -0.1) is 0 Å². The maximum absolute atomic E-state index is 11.9. The largest absolute Gasteiger partial charge is 0.497 e. The van der Waals surface area contributed by atoms with E-state index >= 15 is 0 Å². The zero-order valence-electron chi connectivity index (χ0n) is 17.0. The van der Waals surface area contributed by atoms with Crippen LogP contribution in [0.5, 0.6) is 11.5 Å². The van der Waals surface area contributed by atoms with Crippen molar-refractivity contribution in [3.63, 3.8) is 0 Å². The molecule has 0 aliphatic carbocycles. The highest BCUT2D eigenvalue weighted by Crippen LogP contribution is 2.21. The van der Waals surface area contributed by atoms with E-state index in [1.165, 1.54) is 12.4 Å². The minimum Gasteiger partial charge on any atom is -0.497 e. The highest BCUT2D eigenvalue weighted by Gasteiger charge is 2.05. The standard InChI is InChI=1S/C21H22Br2N4O4/c1-30-16-6-8-18(22)14(10-16)12-24-26-20(28)4-3-5-21(29)27-25-13-15-11-17(31-2)7-9-19(15)23/h6-13H,3-5H2,1-2H3,(H,26,28)(H,27,29)/b24-12+,25-13+. The summed E-state index contributed by atoms with van der Waals surface area (Å²) < 4.78 is 12.0. The van der Waals surface area contributed by atoms with Crippen molar-refractivity contribution in [1.29, 1.82) is 0 Å². The second kappa shape index (κ2) is 12.9. The molecule has 0 spiro atoms. The van der Waals surface area contributed by atoms with Crippen LogP contribution in [-0.4, -0.2) is 38.5 Å². The smallest absolute Gasteiger partial charge is 0.240 e. The van der Waals surface area contributed by atoms with E-state index in [9.17, 15) is 9.59 Å². The number of nitrogens with one attached hydrogen (secondary N) is 2. The van der Waals surface area contributed by atoms with Crippen molar-refractivity contribution >= 4 is 56.1 Å². The summed E-state index contributed by atoms with van der Waals surface area (Å²) in [6, 6.07) is 10.9. The quantitative estimate of drug-likeness (QED) is 0.343. The van der Waals surface area contributed by atoms with E-state index in [-0.39, 0.29) is 24.7 Å². The Labute approximate surface area is 197 Å². The third-order valence-electron chi connectivity index (χ3n) is 4.00. The van der Waals surface area contributed by atoms with Gasteiger partial charge in [-0.05, 0) is 42.8 Å². The third kappa shape index (κ3) is 8.50. The second-order valence-corrected chi connectivity index (χ2v) is 7.92. The lowest BCUT2D eigenvalue weighted by Gasteiger charge is -2.04. The fraction of sp³-hybridized carbons (Fsp3) is 0.238. The van der Waals surface area contributed by atoms with Crippen LogP contribution in [0.25, 0.3) is 0 Å². The molecular formula is C21H22Br2N4O4. The van der Waals surface area contributed by atoms with Gasteiger partial charge < -0.3 is 9.47 Å². The van der Waals surface area contributed by atoms with Gasteiger partial charge in [0, 0.05) is 32.9 Å². The number of ether oxygens (including phenoxy) is 2. The number of methoxy groups -OCH3 is 2. The number of carbonyl (C=O) groups excluding carboxylic acids is 2. The lowest BCUT2D eigenvalue weighted by Crippen LogP contribution is -2.20. The highest BCUT2D eigenvalue weighted by atomic mass is 79.9. The van der Waals surface area contributed by atoms with Crippen LogP contribution in [0.2, 0.25) is 0 Å². The van der Waals surface area contributed by atoms with Crippen LogP contribution in [0.15, 0.2) is 55.5 Å². The molecule has 31 heavy (non-hydrogen) atoms. The molecule has 0 saturated heterocycles. The number of carbonyl (C=O) groups is 2. The Bertz CT molecular complexity index is 902. The van der Waals surface area contributed by atoms with Gasteiger partial charge in [-0.2, -0.15) is 10.2 Å². The van der Waals surface area contributed by atoms with E-state index in [0.717, 1.165) is 20.1 Å². The third-order valence-corrected chi connectivity index (χ3v) is 5.44. The predicted octanol–water partition coefficient (Wildman–Crippen LogP) is 4.00. The Morgan fingerprint density at radius 3 is 1.65 bits per heavy atom. The molecule has 0 bridgehead atoms. The van der Waals surface area contributed by atoms with Crippen LogP contribution < -0.4 is 20.3 Å². The molecule has 164 valence electrons. The van der Waals surface area contributed by atoms with Gasteiger partial charge in [-0.25, -0.2) is 10.9 Å². The molecule has 2 N–H and O–H groups in total. The van der Waals surface area contributed by atoms with Gasteiger partial charge in [-0.3, -0.25) is 9.59 Å². The number of rotatable bonds is 10. The van der Waals surface area contributed by atoms with E-state index in [1.807, 2.05) is 24.3 Å². The summed E-state index contributed by atoms with van der Waals surface area (Å²) in [5.41, 5.74) is 6.41. The molecule has 0 saturated carbocycles. The van der Waals surface area contributed by atoms with E-state index < -0.39 is 0 Å². The Hall–Kier alpha value is -2.72. The molecule has 2 rings (SSSR count). The maximum Gasteiger partial charge on any atom is 0.240 e. The average Bonchev–Trinajstić information content (AvgIpc) is 2.76. The first-order valence-corrected chi connectivity index (χ1v) is 10.8. The molecule has 2 aromatic carbocycles. The van der Waals surface area contributed by atoms with Gasteiger partial charge in [0.25, 0.3) is 0 Å². The van der Waals surface area contributed by atoms with Crippen LogP contribution in [0.4, 0.5) is 0 Å². The Morgan fingerprint density at radius 2 is 1.26 bits per heavy atom. The lowest BCUT2D eigenvalue weighted by molar-refractivity contribution is -0.122. The number of hydrogen-bond donors (Lipinski definition) is 2. The minimum atomic E-state index is -0.285. The summed E-state index contributed by atoms with van der Waals surface area (Å²) in [6.45, 7) is 0. The monoisotopic (exact) mass is 552 g/mol. The maximum atomic E-state index is 11.9. The Morgan fingerprint density at radius 1 is 0.839 bits per heavy atom. The highest BCUT2D eigenvalue weighted by molar-refractivity contribution is 9.10. The zero-order valence-corrected chi connectivity index (χ0v) is 20.2. The van der Waals surface area contributed by atoms with E-state index in [4.69, 9.17) is 9.47 Å². The van der Waals surface area contributed by atoms with Crippen LogP contribution >= 0.6 is 31.9 Å². The van der Waals surface area contributed by atoms with Gasteiger partial charge in [0.1, 0.15) is 11.5 Å². The van der Waals surface area contributed by atoms with Gasteiger partial charge in [0.2, 0.25) is 11.8 Å². The van der Waals surface area contributed by atoms with Crippen molar-refractivity contribution in [1.82, 2.24) is 10.9 Å². The predicted molar refractivity (Wildman–Crippen MR) is 127 cm³/mol. The van der Waals surface area contributed by atoms with Gasteiger partial charge in [-0.1, -0.05) is 31.9 Å². The summed E-state index contributed by atoms with van der Waals surface area (Å²) in [5.74, 6) is 0.797. The van der Waals surface area contributed by atoms with Gasteiger partial charge in [0.05, 0.1) is 26.6 Å². The molecule has 10 heteroatoms. The van der Waals surface area contributed by atoms with Crippen molar-refractivity contribution in [2.45, 2.75) is 19.3 Å². The van der Waals surface area contributed by atoms with Gasteiger partial charge >= 0.3 is 0 Å². The summed E-state index contributed by atoms with van der Waals surface area (Å²) in [7, 11) is 3.15. The molecule has 0 aliphatic heterocycles. The number of benzene rings is 2. The van der Waals surface area contributed by atoms with Crippen LogP contribution in [0, 0.1) is 0 Å². The van der Waals surface area contributed by atoms with E-state index in [1.54, 1.807) is 26.4 Å². The van der Waals surface area contributed by atoms with Gasteiger partial charge in [0.15, 0.2) is 0 Å². The summed E-state index contributed by atoms with van der Waals surface area (Å²) >= 11 is 6.81. The Kier molecular flexibility index (Phi) is 10.2. The Balaban J connectivity index is 1.71. The summed E-state index contributed by atoms with van der Waals surface area (Å²) in [6.07, 6.45) is 3.73. The van der Waals surface area contributed by atoms with Crippen LogP contribution in [-0.2, 0) is 9.59 Å². The van der Waals surface area contributed by atoms with Crippen LogP contribution in [0.3, 0.4) is 0 Å². The van der Waals surface area contributed by atoms with Crippen LogP contribution in [0.1, 0.15) is 30.4 Å². The topological polar surface area (TPSA) is 101 Å². The first-order chi connectivity index (χ1) is 14.9. The molecular weight excluding hydrogens is 532 g/mol. The minimum absolute atomic E-state index is 0.162. The second-order valence-electron chi connectivity index (χ2n) is 6.21. The molecule has 8 nitrogen and oxygen atoms in total. The fourth-order valence-electron chi connectivity index (χ4n) is 2.36. The number of nitrogens with zero attached hydrogens (tertiary/aromatic N) is 2. The molecule has 0 fully saturated rings. The fourth-order valence-corrected chi connectivity index (χ4v) is 3.06. The number of halogens is 2. The number of amides is 2. The molecule has 0 aliphatic rings. The van der Waals surface area contributed by atoms with Crippen molar-refractivity contribution < 1.29 is 19.1 Å². The number of hydrogen-bond acceptors (Lipinski definition) is 6. The van der Waals surface area contributed by atoms with Crippen molar-refractivity contribution in [2.24, 2.45) is 10.2 Å². The molecule has 0 unspecified atom stereocenters. The molecule has 0 heterocycles. The average molecular weight is 554 g/mol. The van der Waals surface area contributed by atoms with Crippen molar-refractivity contribution in [2.75, 3.05) is 14.2 Å². The normalized spacial score (nSPS) is 11.0. The van der Waals surface area contributed by atoms with Crippen molar-refractivity contribution in [3.05, 3.63) is 56.5 Å². The molecule has 0 radical (unpaired) electrons. The molecule has 0 atom stereocenters. The van der Waals surface area contributed by atoms with E-state index in [2.05, 4.69) is 52.9 Å². The first kappa shape index (κ1) is 24.5. The zero-order chi connectivity index (χ0) is 22.6. The SMILES string of the molecule is COc1ccc(Br)c(/C=N/NC(=O)CCCC(=O)N/N=C/c2cc(OC)ccc2Br)c1. The number of hydrazone groups is 2. The first-order valence-electron chi connectivity index (χ1n) is 9.24. The molecule has 2 aromatic rings. The van der Waals surface area contributed by atoms with Crippen molar-refractivity contribution in [3.8, 4) is 11.5 Å². The summed E-state index contributed by atoms with van der Waals surface area (Å²) in [4.78, 5) is 23.8. The lowest BCUT2D eigenvalue weighted by atomic mass is 10.2. The van der Waals surface area contributed by atoms with E-state index in [0.29, 0.717) is 17.9 Å².